The highest BCUT2D eigenvalue weighted by atomic mass is 16.2. The van der Waals surface area contributed by atoms with Crippen LogP contribution in [-0.4, -0.2) is 24.0 Å². The molecular weight excluding hydrogens is 236 g/mol. The lowest BCUT2D eigenvalue weighted by Gasteiger charge is -2.40. The van der Waals surface area contributed by atoms with Crippen LogP contribution >= 0.6 is 0 Å². The van der Waals surface area contributed by atoms with Crippen LogP contribution < -0.4 is 10.6 Å². The van der Waals surface area contributed by atoms with Gasteiger partial charge in [-0.05, 0) is 38.0 Å². The van der Waals surface area contributed by atoms with Gasteiger partial charge in [-0.2, -0.15) is 0 Å². The van der Waals surface area contributed by atoms with E-state index in [9.17, 15) is 4.79 Å². The molecule has 0 aromatic heterocycles. The number of hydrogen-bond donors (Lipinski definition) is 2. The number of carbonyl (C=O) groups is 1. The smallest absolute Gasteiger partial charge is 0.237 e. The van der Waals surface area contributed by atoms with Crippen LogP contribution in [0.5, 0.6) is 0 Å². The summed E-state index contributed by atoms with van der Waals surface area (Å²) >= 11 is 0. The lowest BCUT2D eigenvalue weighted by Crippen LogP contribution is -2.53. The second-order valence-electron chi connectivity index (χ2n) is 7.17. The highest BCUT2D eigenvalue weighted by Crippen LogP contribution is 2.35. The van der Waals surface area contributed by atoms with Crippen molar-refractivity contribution < 1.29 is 4.79 Å². The van der Waals surface area contributed by atoms with Crippen LogP contribution in [0.25, 0.3) is 0 Å². The first-order chi connectivity index (χ1) is 8.99. The first-order valence-electron chi connectivity index (χ1n) is 8.05. The molecule has 1 amide bonds. The molecule has 2 rings (SSSR count). The van der Waals surface area contributed by atoms with Crippen molar-refractivity contribution in [2.24, 2.45) is 5.41 Å². The average molecular weight is 266 g/mol. The molecule has 0 aliphatic heterocycles. The summed E-state index contributed by atoms with van der Waals surface area (Å²) in [5.74, 6) is 0.188. The molecule has 0 heterocycles. The van der Waals surface area contributed by atoms with Gasteiger partial charge < -0.3 is 10.6 Å². The standard InChI is InChI=1S/C16H30N2O/c1-12(15(19)18-13-8-4-5-9-13)17-14-10-6-7-11-16(14,2)3/h12-14,17H,4-11H2,1-3H3,(H,18,19). The minimum atomic E-state index is -0.0667. The fourth-order valence-corrected chi connectivity index (χ4v) is 3.58. The van der Waals surface area contributed by atoms with Gasteiger partial charge >= 0.3 is 0 Å². The third kappa shape index (κ3) is 3.95. The van der Waals surface area contributed by atoms with Gasteiger partial charge in [-0.15, -0.1) is 0 Å². The van der Waals surface area contributed by atoms with Crippen molar-refractivity contribution in [2.45, 2.75) is 90.3 Å². The van der Waals surface area contributed by atoms with Crippen LogP contribution in [0, 0.1) is 5.41 Å². The molecule has 0 bridgehead atoms. The molecule has 3 nitrogen and oxygen atoms in total. The van der Waals surface area contributed by atoms with E-state index in [1.807, 2.05) is 6.92 Å². The van der Waals surface area contributed by atoms with E-state index in [1.54, 1.807) is 0 Å². The molecular formula is C16H30N2O. The summed E-state index contributed by atoms with van der Waals surface area (Å²) in [7, 11) is 0. The Morgan fingerprint density at radius 3 is 2.37 bits per heavy atom. The van der Waals surface area contributed by atoms with Crippen molar-refractivity contribution in [3.05, 3.63) is 0 Å². The van der Waals surface area contributed by atoms with Crippen molar-refractivity contribution in [3.63, 3.8) is 0 Å². The molecule has 19 heavy (non-hydrogen) atoms. The van der Waals surface area contributed by atoms with Gasteiger partial charge in [-0.3, -0.25) is 4.79 Å². The SMILES string of the molecule is CC(NC1CCCCC1(C)C)C(=O)NC1CCCC1. The summed E-state index contributed by atoms with van der Waals surface area (Å²) in [6, 6.07) is 0.838. The van der Waals surface area contributed by atoms with E-state index in [4.69, 9.17) is 0 Å². The van der Waals surface area contributed by atoms with Gasteiger partial charge in [0.1, 0.15) is 0 Å². The molecule has 2 fully saturated rings. The number of hydrogen-bond acceptors (Lipinski definition) is 2. The fraction of sp³-hybridized carbons (Fsp3) is 0.938. The van der Waals surface area contributed by atoms with E-state index in [0.29, 0.717) is 17.5 Å². The molecule has 2 saturated carbocycles. The Bertz CT molecular complexity index is 308. The maximum Gasteiger partial charge on any atom is 0.237 e. The van der Waals surface area contributed by atoms with Gasteiger partial charge in [-0.1, -0.05) is 39.5 Å². The zero-order chi connectivity index (χ0) is 13.9. The Balaban J connectivity index is 1.81. The Hall–Kier alpha value is -0.570. The largest absolute Gasteiger partial charge is 0.352 e. The van der Waals surface area contributed by atoms with Gasteiger partial charge in [0, 0.05) is 12.1 Å². The summed E-state index contributed by atoms with van der Waals surface area (Å²) in [6.07, 6.45) is 9.94. The zero-order valence-corrected chi connectivity index (χ0v) is 12.8. The minimum absolute atomic E-state index is 0.0667. The van der Waals surface area contributed by atoms with Crippen LogP contribution in [0.1, 0.15) is 72.1 Å². The molecule has 2 unspecified atom stereocenters. The van der Waals surface area contributed by atoms with Crippen LogP contribution in [0.4, 0.5) is 0 Å². The van der Waals surface area contributed by atoms with Crippen molar-refractivity contribution in [1.82, 2.24) is 10.6 Å². The Labute approximate surface area is 117 Å². The molecule has 0 aromatic carbocycles. The fourth-order valence-electron chi connectivity index (χ4n) is 3.58. The third-order valence-electron chi connectivity index (χ3n) is 5.05. The lowest BCUT2D eigenvalue weighted by atomic mass is 9.73. The van der Waals surface area contributed by atoms with Crippen LogP contribution in [0.15, 0.2) is 0 Å². The number of nitrogens with one attached hydrogen (secondary N) is 2. The van der Waals surface area contributed by atoms with Gasteiger partial charge in [0.15, 0.2) is 0 Å². The van der Waals surface area contributed by atoms with Gasteiger partial charge in [-0.25, -0.2) is 0 Å². The molecule has 2 atom stereocenters. The number of amides is 1. The van der Waals surface area contributed by atoms with E-state index >= 15 is 0 Å². The van der Waals surface area contributed by atoms with Crippen molar-refractivity contribution in [2.75, 3.05) is 0 Å². The second kappa shape index (κ2) is 6.25. The molecule has 0 spiro atoms. The maximum absolute atomic E-state index is 12.2. The predicted molar refractivity (Wildman–Crippen MR) is 79.0 cm³/mol. The minimum Gasteiger partial charge on any atom is -0.352 e. The van der Waals surface area contributed by atoms with E-state index in [2.05, 4.69) is 24.5 Å². The highest BCUT2D eigenvalue weighted by molar-refractivity contribution is 5.81. The Morgan fingerprint density at radius 2 is 1.74 bits per heavy atom. The molecule has 2 aliphatic rings. The molecule has 2 N–H and O–H groups in total. The summed E-state index contributed by atoms with van der Waals surface area (Å²) in [6.45, 7) is 6.66. The van der Waals surface area contributed by atoms with Crippen LogP contribution in [0.3, 0.4) is 0 Å². The number of carbonyl (C=O) groups excluding carboxylic acids is 1. The lowest BCUT2D eigenvalue weighted by molar-refractivity contribution is -0.123. The molecule has 0 aromatic rings. The summed E-state index contributed by atoms with van der Waals surface area (Å²) in [5, 5.41) is 6.76. The quantitative estimate of drug-likeness (QED) is 0.821. The highest BCUT2D eigenvalue weighted by Gasteiger charge is 2.34. The average Bonchev–Trinajstić information content (AvgIpc) is 2.84. The van der Waals surface area contributed by atoms with Crippen molar-refractivity contribution >= 4 is 5.91 Å². The van der Waals surface area contributed by atoms with Crippen LogP contribution in [0.2, 0.25) is 0 Å². The first kappa shape index (κ1) is 14.8. The van der Waals surface area contributed by atoms with E-state index in [0.717, 1.165) is 12.8 Å². The van der Waals surface area contributed by atoms with E-state index in [1.165, 1.54) is 38.5 Å². The van der Waals surface area contributed by atoms with Gasteiger partial charge in [0.25, 0.3) is 0 Å². The summed E-state index contributed by atoms with van der Waals surface area (Å²) < 4.78 is 0. The normalized spacial score (nSPS) is 29.1. The van der Waals surface area contributed by atoms with Crippen molar-refractivity contribution in [3.8, 4) is 0 Å². The summed E-state index contributed by atoms with van der Waals surface area (Å²) in [5.41, 5.74) is 0.320. The maximum atomic E-state index is 12.2. The first-order valence-corrected chi connectivity index (χ1v) is 8.05. The third-order valence-corrected chi connectivity index (χ3v) is 5.05. The topological polar surface area (TPSA) is 41.1 Å². The summed E-state index contributed by atoms with van der Waals surface area (Å²) in [4.78, 5) is 12.2. The van der Waals surface area contributed by atoms with Gasteiger partial charge in [0.05, 0.1) is 6.04 Å². The molecule has 2 aliphatic carbocycles. The predicted octanol–water partition coefficient (Wildman–Crippen LogP) is 2.99. The molecule has 110 valence electrons. The Morgan fingerprint density at radius 1 is 1.11 bits per heavy atom. The monoisotopic (exact) mass is 266 g/mol. The van der Waals surface area contributed by atoms with E-state index < -0.39 is 0 Å². The van der Waals surface area contributed by atoms with Gasteiger partial charge in [0.2, 0.25) is 5.91 Å². The number of rotatable bonds is 4. The zero-order valence-electron chi connectivity index (χ0n) is 12.8. The van der Waals surface area contributed by atoms with E-state index in [-0.39, 0.29) is 11.9 Å². The molecule has 3 heteroatoms. The van der Waals surface area contributed by atoms with Crippen LogP contribution in [-0.2, 0) is 4.79 Å². The second-order valence-corrected chi connectivity index (χ2v) is 7.17. The molecule has 0 radical (unpaired) electrons. The Kier molecular flexibility index (Phi) is 4.88. The van der Waals surface area contributed by atoms with Crippen molar-refractivity contribution in [1.29, 1.82) is 0 Å². The molecule has 0 saturated heterocycles.